The first-order valence-corrected chi connectivity index (χ1v) is 9.32. The van der Waals surface area contributed by atoms with Crippen LogP contribution in [0.5, 0.6) is 0 Å². The van der Waals surface area contributed by atoms with Crippen molar-refractivity contribution in [3.8, 4) is 0 Å². The fraction of sp³-hybridized carbons (Fsp3) is 0.778. The van der Waals surface area contributed by atoms with E-state index >= 15 is 0 Å². The molecule has 5 N–H and O–H groups in total. The Balaban J connectivity index is 1.87. The van der Waals surface area contributed by atoms with Crippen molar-refractivity contribution >= 4 is 23.8 Å². The number of amides is 4. The molecule has 9 heteroatoms. The second kappa shape index (κ2) is 7.74. The number of ether oxygens (including phenoxy) is 1. The number of alkyl carbamates (subject to hydrolysis) is 1. The number of primary amides is 2. The van der Waals surface area contributed by atoms with E-state index in [9.17, 15) is 19.2 Å². The Morgan fingerprint density at radius 2 is 1.85 bits per heavy atom. The number of likely N-dealkylation sites (tertiary alicyclic amines) is 1. The Morgan fingerprint density at radius 3 is 2.30 bits per heavy atom. The van der Waals surface area contributed by atoms with Crippen molar-refractivity contribution in [1.82, 2.24) is 10.2 Å². The van der Waals surface area contributed by atoms with E-state index in [-0.39, 0.29) is 24.8 Å². The standard InChI is InChI=1S/C18H30N4O5/c1-17(2,3)27-16(26)21-11-6-8-18(9-7-11)10-22(15(18)25)12(14(20)24)4-5-13(19)23/h11-12H,4-10H2,1-3H3,(H2,19,23)(H2,20,24)(H,21,26)/t11?,12-,18?/m0/s1. The van der Waals surface area contributed by atoms with Crippen molar-refractivity contribution in [2.75, 3.05) is 6.54 Å². The van der Waals surface area contributed by atoms with Crippen LogP contribution in [0.3, 0.4) is 0 Å². The molecule has 0 aromatic carbocycles. The van der Waals surface area contributed by atoms with E-state index in [4.69, 9.17) is 16.2 Å². The summed E-state index contributed by atoms with van der Waals surface area (Å²) in [6.45, 7) is 5.85. The molecule has 1 heterocycles. The van der Waals surface area contributed by atoms with Crippen LogP contribution in [0.4, 0.5) is 4.79 Å². The first kappa shape index (κ1) is 21.0. The average molecular weight is 382 g/mol. The van der Waals surface area contributed by atoms with Crippen LogP contribution in [0.15, 0.2) is 0 Å². The van der Waals surface area contributed by atoms with Gasteiger partial charge in [0.25, 0.3) is 0 Å². The van der Waals surface area contributed by atoms with Crippen molar-refractivity contribution in [3.05, 3.63) is 0 Å². The van der Waals surface area contributed by atoms with Crippen molar-refractivity contribution < 1.29 is 23.9 Å². The minimum atomic E-state index is -0.798. The van der Waals surface area contributed by atoms with E-state index in [1.807, 2.05) is 0 Å². The fourth-order valence-electron chi connectivity index (χ4n) is 3.82. The molecular formula is C18H30N4O5. The largest absolute Gasteiger partial charge is 0.444 e. The van der Waals surface area contributed by atoms with Gasteiger partial charge in [0.2, 0.25) is 17.7 Å². The second-order valence-corrected chi connectivity index (χ2v) is 8.56. The van der Waals surface area contributed by atoms with Crippen LogP contribution in [0.1, 0.15) is 59.3 Å². The van der Waals surface area contributed by atoms with Gasteiger partial charge in [0.15, 0.2) is 0 Å². The van der Waals surface area contributed by atoms with Gasteiger partial charge in [-0.05, 0) is 52.9 Å². The van der Waals surface area contributed by atoms with Crippen molar-refractivity contribution in [3.63, 3.8) is 0 Å². The molecule has 0 bridgehead atoms. The maximum absolute atomic E-state index is 12.7. The average Bonchev–Trinajstić information content (AvgIpc) is 2.53. The zero-order valence-corrected chi connectivity index (χ0v) is 16.2. The topological polar surface area (TPSA) is 145 Å². The van der Waals surface area contributed by atoms with Gasteiger partial charge in [0, 0.05) is 19.0 Å². The van der Waals surface area contributed by atoms with Gasteiger partial charge >= 0.3 is 6.09 Å². The third-order valence-electron chi connectivity index (χ3n) is 5.22. The molecule has 152 valence electrons. The molecule has 4 amide bonds. The van der Waals surface area contributed by atoms with Gasteiger partial charge < -0.3 is 26.4 Å². The zero-order valence-electron chi connectivity index (χ0n) is 16.2. The van der Waals surface area contributed by atoms with Gasteiger partial charge in [-0.25, -0.2) is 4.79 Å². The summed E-state index contributed by atoms with van der Waals surface area (Å²) in [6, 6.07) is -0.831. The number of nitrogens with one attached hydrogen (secondary N) is 1. The molecule has 1 aliphatic heterocycles. The Hall–Kier alpha value is -2.32. The predicted octanol–water partition coefficient (Wildman–Crippen LogP) is 0.402. The highest BCUT2D eigenvalue weighted by Gasteiger charge is 2.55. The molecule has 1 atom stereocenters. The number of hydrogen-bond donors (Lipinski definition) is 3. The molecular weight excluding hydrogens is 352 g/mol. The molecule has 2 aliphatic rings. The molecule has 1 aliphatic carbocycles. The molecule has 1 saturated carbocycles. The van der Waals surface area contributed by atoms with Gasteiger partial charge in [0.05, 0.1) is 5.41 Å². The smallest absolute Gasteiger partial charge is 0.407 e. The van der Waals surface area contributed by atoms with Gasteiger partial charge in [0.1, 0.15) is 11.6 Å². The Bertz CT molecular complexity index is 620. The third-order valence-corrected chi connectivity index (χ3v) is 5.22. The SMILES string of the molecule is CC(C)(C)OC(=O)NC1CCC2(CC1)CN([C@@H](CCC(N)=O)C(N)=O)C2=O. The summed E-state index contributed by atoms with van der Waals surface area (Å²) >= 11 is 0. The summed E-state index contributed by atoms with van der Waals surface area (Å²) in [5.41, 5.74) is 9.47. The van der Waals surface area contributed by atoms with Crippen molar-refractivity contribution in [2.24, 2.45) is 16.9 Å². The van der Waals surface area contributed by atoms with Crippen LogP contribution in [0.2, 0.25) is 0 Å². The number of rotatable bonds is 6. The van der Waals surface area contributed by atoms with E-state index in [1.54, 1.807) is 20.8 Å². The highest BCUT2D eigenvalue weighted by Crippen LogP contribution is 2.46. The van der Waals surface area contributed by atoms with Crippen LogP contribution in [0, 0.1) is 5.41 Å². The minimum Gasteiger partial charge on any atom is -0.444 e. The van der Waals surface area contributed by atoms with E-state index in [2.05, 4.69) is 5.32 Å². The van der Waals surface area contributed by atoms with Crippen molar-refractivity contribution in [1.29, 1.82) is 0 Å². The summed E-state index contributed by atoms with van der Waals surface area (Å²) in [5, 5.41) is 2.85. The summed E-state index contributed by atoms with van der Waals surface area (Å²) in [6.07, 6.45) is 2.30. The number of nitrogens with zero attached hydrogens (tertiary/aromatic N) is 1. The number of hydrogen-bond acceptors (Lipinski definition) is 5. The number of β-lactam (4-membered cyclic amide) rings is 1. The maximum Gasteiger partial charge on any atom is 0.407 e. The number of carbonyl (C=O) groups is 4. The first-order valence-electron chi connectivity index (χ1n) is 9.32. The molecule has 27 heavy (non-hydrogen) atoms. The van der Waals surface area contributed by atoms with Crippen LogP contribution in [0.25, 0.3) is 0 Å². The number of carbonyl (C=O) groups excluding carboxylic acids is 4. The Kier molecular flexibility index (Phi) is 6.01. The molecule has 1 saturated heterocycles. The van der Waals surface area contributed by atoms with Gasteiger partial charge in [-0.2, -0.15) is 0 Å². The maximum atomic E-state index is 12.7. The van der Waals surface area contributed by atoms with Crippen molar-refractivity contribution in [2.45, 2.75) is 77.0 Å². The zero-order chi connectivity index (χ0) is 20.4. The van der Waals surface area contributed by atoms with Gasteiger partial charge in [-0.15, -0.1) is 0 Å². The molecule has 0 radical (unpaired) electrons. The van der Waals surface area contributed by atoms with Crippen LogP contribution >= 0.6 is 0 Å². The summed E-state index contributed by atoms with van der Waals surface area (Å²) in [4.78, 5) is 48.7. The molecule has 2 rings (SSSR count). The molecule has 9 nitrogen and oxygen atoms in total. The summed E-state index contributed by atoms with van der Waals surface area (Å²) in [5.74, 6) is -1.26. The van der Waals surface area contributed by atoms with E-state index in [0.717, 1.165) is 0 Å². The Morgan fingerprint density at radius 1 is 1.26 bits per heavy atom. The summed E-state index contributed by atoms with van der Waals surface area (Å²) in [7, 11) is 0. The molecule has 1 spiro atoms. The lowest BCUT2D eigenvalue weighted by Gasteiger charge is -2.54. The lowest BCUT2D eigenvalue weighted by molar-refractivity contribution is -0.171. The normalized spacial score (nSPS) is 26.3. The Labute approximate surface area is 159 Å². The lowest BCUT2D eigenvalue weighted by atomic mass is 9.66. The van der Waals surface area contributed by atoms with Gasteiger partial charge in [-0.3, -0.25) is 14.4 Å². The van der Waals surface area contributed by atoms with E-state index < -0.39 is 35.0 Å². The second-order valence-electron chi connectivity index (χ2n) is 8.56. The monoisotopic (exact) mass is 382 g/mol. The number of nitrogens with two attached hydrogens (primary N) is 2. The molecule has 0 unspecified atom stereocenters. The fourth-order valence-corrected chi connectivity index (χ4v) is 3.82. The van der Waals surface area contributed by atoms with Crippen LogP contribution in [-0.4, -0.2) is 52.9 Å². The van der Waals surface area contributed by atoms with Crippen LogP contribution in [-0.2, 0) is 19.1 Å². The van der Waals surface area contributed by atoms with Gasteiger partial charge in [-0.1, -0.05) is 0 Å². The summed E-state index contributed by atoms with van der Waals surface area (Å²) < 4.78 is 5.26. The van der Waals surface area contributed by atoms with Crippen LogP contribution < -0.4 is 16.8 Å². The predicted molar refractivity (Wildman–Crippen MR) is 97.2 cm³/mol. The lowest BCUT2D eigenvalue weighted by Crippen LogP contribution is -2.68. The highest BCUT2D eigenvalue weighted by atomic mass is 16.6. The molecule has 0 aromatic heterocycles. The molecule has 2 fully saturated rings. The first-order chi connectivity index (χ1) is 12.4. The minimum absolute atomic E-state index is 0.00622. The van der Waals surface area contributed by atoms with E-state index in [1.165, 1.54) is 4.90 Å². The quantitative estimate of drug-likeness (QED) is 0.569. The molecule has 0 aromatic rings. The third kappa shape index (κ3) is 5.11. The highest BCUT2D eigenvalue weighted by molar-refractivity contribution is 5.94. The van der Waals surface area contributed by atoms with E-state index in [0.29, 0.717) is 32.2 Å².